The summed E-state index contributed by atoms with van der Waals surface area (Å²) in [6, 6.07) is 15.7. The highest BCUT2D eigenvalue weighted by atomic mass is 127. The third-order valence-corrected chi connectivity index (χ3v) is 4.71. The van der Waals surface area contributed by atoms with Crippen LogP contribution in [0.4, 0.5) is 0 Å². The van der Waals surface area contributed by atoms with Gasteiger partial charge in [0.2, 0.25) is 0 Å². The maximum absolute atomic E-state index is 10.0. The van der Waals surface area contributed by atoms with E-state index < -0.39 is 0 Å². The number of thioether (sulfide) groups is 1. The second-order valence-electron chi connectivity index (χ2n) is 5.59. The van der Waals surface area contributed by atoms with Gasteiger partial charge in [0.25, 0.3) is 0 Å². The highest BCUT2D eigenvalue weighted by molar-refractivity contribution is 14.0. The van der Waals surface area contributed by atoms with Crippen LogP contribution in [0.2, 0.25) is 0 Å². The van der Waals surface area contributed by atoms with Crippen LogP contribution in [0.5, 0.6) is 11.5 Å². The van der Waals surface area contributed by atoms with E-state index in [2.05, 4.69) is 39.9 Å². The number of phenolic OH excluding ortho intramolecular Hbond substituents is 1. The second kappa shape index (κ2) is 13.5. The normalized spacial score (nSPS) is 10.8. The zero-order chi connectivity index (χ0) is 18.6. The molecule has 3 N–H and O–H groups in total. The Morgan fingerprint density at radius 1 is 1.15 bits per heavy atom. The molecule has 0 radical (unpaired) electrons. The second-order valence-corrected chi connectivity index (χ2v) is 6.76. The third-order valence-electron chi connectivity index (χ3n) is 3.69. The number of ether oxygens (including phenoxy) is 1. The summed E-state index contributed by atoms with van der Waals surface area (Å²) in [6.07, 6.45) is 0.672. The molecule has 0 aromatic heterocycles. The quantitative estimate of drug-likeness (QED) is 0.160. The Morgan fingerprint density at radius 2 is 1.93 bits per heavy atom. The van der Waals surface area contributed by atoms with Crippen molar-refractivity contribution >= 4 is 41.7 Å². The summed E-state index contributed by atoms with van der Waals surface area (Å²) in [5.41, 5.74) is 0.866. The van der Waals surface area contributed by atoms with Gasteiger partial charge in [0, 0.05) is 36.3 Å². The van der Waals surface area contributed by atoms with Crippen LogP contribution in [0.1, 0.15) is 12.5 Å². The number of phenols is 1. The van der Waals surface area contributed by atoms with Crippen LogP contribution in [0, 0.1) is 0 Å². The maximum Gasteiger partial charge on any atom is 0.191 e. The number of aliphatic imine (C=N–C) groups is 1. The van der Waals surface area contributed by atoms with Crippen molar-refractivity contribution in [3.63, 3.8) is 0 Å². The number of nitrogens with zero attached hydrogens (tertiary/aromatic N) is 1. The minimum Gasteiger partial charge on any atom is -0.508 e. The van der Waals surface area contributed by atoms with Gasteiger partial charge in [0.15, 0.2) is 5.96 Å². The van der Waals surface area contributed by atoms with Gasteiger partial charge >= 0.3 is 0 Å². The summed E-state index contributed by atoms with van der Waals surface area (Å²) in [5.74, 6) is 2.67. The number of halogens is 1. The van der Waals surface area contributed by atoms with E-state index in [9.17, 15) is 5.11 Å². The van der Waals surface area contributed by atoms with Crippen LogP contribution in [0.15, 0.2) is 58.4 Å². The van der Waals surface area contributed by atoms with Crippen LogP contribution in [0.3, 0.4) is 0 Å². The van der Waals surface area contributed by atoms with Gasteiger partial charge < -0.3 is 20.5 Å². The number of guanidine groups is 1. The first-order valence-corrected chi connectivity index (χ1v) is 9.77. The molecule has 0 fully saturated rings. The number of rotatable bonds is 9. The van der Waals surface area contributed by atoms with Gasteiger partial charge in [-0.05, 0) is 37.1 Å². The molecule has 0 saturated carbocycles. The lowest BCUT2D eigenvalue weighted by Gasteiger charge is -2.11. The van der Waals surface area contributed by atoms with Crippen molar-refractivity contribution in [2.75, 3.05) is 32.5 Å². The molecule has 5 nitrogen and oxygen atoms in total. The lowest BCUT2D eigenvalue weighted by Crippen LogP contribution is -2.38. The van der Waals surface area contributed by atoms with Crippen LogP contribution in [-0.2, 0) is 6.42 Å². The molecule has 0 aliphatic rings. The van der Waals surface area contributed by atoms with Crippen LogP contribution >= 0.6 is 35.7 Å². The van der Waals surface area contributed by atoms with Gasteiger partial charge in [-0.2, -0.15) is 0 Å². The molecule has 2 rings (SSSR count). The van der Waals surface area contributed by atoms with E-state index in [0.29, 0.717) is 18.7 Å². The lowest BCUT2D eigenvalue weighted by molar-refractivity contribution is 0.406. The molecule has 0 unspecified atom stereocenters. The van der Waals surface area contributed by atoms with Gasteiger partial charge in [0.1, 0.15) is 11.5 Å². The first-order chi connectivity index (χ1) is 12.7. The molecule has 0 saturated heterocycles. The highest BCUT2D eigenvalue weighted by Crippen LogP contribution is 2.23. The monoisotopic (exact) mass is 501 g/mol. The molecule has 0 aliphatic carbocycles. The van der Waals surface area contributed by atoms with E-state index in [4.69, 9.17) is 4.74 Å². The van der Waals surface area contributed by atoms with E-state index in [0.717, 1.165) is 30.4 Å². The number of nitrogens with one attached hydrogen (secondary N) is 2. The molecule has 0 heterocycles. The Labute approximate surface area is 183 Å². The predicted molar refractivity (Wildman–Crippen MR) is 125 cm³/mol. The van der Waals surface area contributed by atoms with Gasteiger partial charge in [-0.25, -0.2) is 0 Å². The molecule has 7 heteroatoms. The predicted octanol–water partition coefficient (Wildman–Crippen LogP) is 3.91. The minimum atomic E-state index is 0. The lowest BCUT2D eigenvalue weighted by atomic mass is 10.1. The van der Waals surface area contributed by atoms with Crippen molar-refractivity contribution in [2.45, 2.75) is 18.2 Å². The van der Waals surface area contributed by atoms with E-state index in [-0.39, 0.29) is 29.7 Å². The average Bonchev–Trinajstić information content (AvgIpc) is 2.67. The average molecular weight is 501 g/mol. The molecular formula is C20H28IN3O2S. The van der Waals surface area contributed by atoms with Crippen molar-refractivity contribution < 1.29 is 9.84 Å². The van der Waals surface area contributed by atoms with Crippen molar-refractivity contribution in [2.24, 2.45) is 4.99 Å². The van der Waals surface area contributed by atoms with Crippen molar-refractivity contribution in [1.29, 1.82) is 0 Å². The third kappa shape index (κ3) is 8.75. The number of methoxy groups -OCH3 is 1. The Kier molecular flexibility index (Phi) is 11.8. The number of hydrogen-bond donors (Lipinski definition) is 3. The minimum absolute atomic E-state index is 0. The topological polar surface area (TPSA) is 65.9 Å². The molecule has 148 valence electrons. The molecule has 0 spiro atoms. The largest absolute Gasteiger partial charge is 0.508 e. The van der Waals surface area contributed by atoms with E-state index >= 15 is 0 Å². The maximum atomic E-state index is 10.0. The summed E-state index contributed by atoms with van der Waals surface area (Å²) in [7, 11) is 1.59. The Morgan fingerprint density at radius 3 is 2.59 bits per heavy atom. The zero-order valence-electron chi connectivity index (χ0n) is 15.8. The molecule has 0 aliphatic heterocycles. The highest BCUT2D eigenvalue weighted by Gasteiger charge is 2.03. The fourth-order valence-corrected chi connectivity index (χ4v) is 3.16. The Balaban J connectivity index is 0.00000364. The van der Waals surface area contributed by atoms with Crippen LogP contribution < -0.4 is 15.4 Å². The summed E-state index contributed by atoms with van der Waals surface area (Å²) >= 11 is 1.82. The van der Waals surface area contributed by atoms with Crippen molar-refractivity contribution in [1.82, 2.24) is 10.6 Å². The van der Waals surface area contributed by atoms with E-state index in [1.807, 2.05) is 36.9 Å². The summed E-state index contributed by atoms with van der Waals surface area (Å²) in [5, 5.41) is 16.6. The smallest absolute Gasteiger partial charge is 0.191 e. The Hall–Kier alpha value is -1.61. The Bertz CT molecular complexity index is 699. The molecule has 0 atom stereocenters. The SMILES string of the molecule is CCNC(=NCCc1ccc(OC)cc1O)NCCSc1ccccc1.I. The number of hydrogen-bond acceptors (Lipinski definition) is 4. The molecular weight excluding hydrogens is 473 g/mol. The van der Waals surface area contributed by atoms with Gasteiger partial charge in [-0.3, -0.25) is 4.99 Å². The standard InChI is InChI=1S/C20H27N3O2S.HI/c1-3-21-20(23-13-14-26-18-7-5-4-6-8-18)22-12-11-16-9-10-17(25-2)15-19(16)24;/h4-10,15,24H,3,11-14H2,1-2H3,(H2,21,22,23);1H. The first kappa shape index (κ1) is 23.4. The molecule has 0 amide bonds. The van der Waals surface area contributed by atoms with Crippen LogP contribution in [-0.4, -0.2) is 43.6 Å². The molecule has 27 heavy (non-hydrogen) atoms. The van der Waals surface area contributed by atoms with Gasteiger partial charge in [-0.15, -0.1) is 35.7 Å². The molecule has 2 aromatic rings. The van der Waals surface area contributed by atoms with Crippen molar-refractivity contribution in [3.8, 4) is 11.5 Å². The number of benzene rings is 2. The van der Waals surface area contributed by atoms with Crippen LogP contribution in [0.25, 0.3) is 0 Å². The first-order valence-electron chi connectivity index (χ1n) is 8.79. The summed E-state index contributed by atoms with van der Waals surface area (Å²) in [6.45, 7) is 4.29. The molecule has 2 aromatic carbocycles. The fraction of sp³-hybridized carbons (Fsp3) is 0.350. The summed E-state index contributed by atoms with van der Waals surface area (Å²) < 4.78 is 5.10. The van der Waals surface area contributed by atoms with E-state index in [1.54, 1.807) is 13.2 Å². The fourth-order valence-electron chi connectivity index (χ4n) is 2.37. The number of aromatic hydroxyl groups is 1. The zero-order valence-corrected chi connectivity index (χ0v) is 18.9. The van der Waals surface area contributed by atoms with Gasteiger partial charge in [-0.1, -0.05) is 24.3 Å². The van der Waals surface area contributed by atoms with Gasteiger partial charge in [0.05, 0.1) is 7.11 Å². The van der Waals surface area contributed by atoms with E-state index in [1.165, 1.54) is 4.90 Å². The molecule has 0 bridgehead atoms. The summed E-state index contributed by atoms with van der Waals surface area (Å²) in [4.78, 5) is 5.85. The van der Waals surface area contributed by atoms with Crippen molar-refractivity contribution in [3.05, 3.63) is 54.1 Å².